The van der Waals surface area contributed by atoms with Gasteiger partial charge in [0.2, 0.25) is 5.91 Å². The van der Waals surface area contributed by atoms with E-state index in [-0.39, 0.29) is 12.5 Å². The molecular formula is C17H27NO4. The molecule has 1 aromatic carbocycles. The van der Waals surface area contributed by atoms with Crippen LogP contribution in [-0.4, -0.2) is 34.9 Å². The van der Waals surface area contributed by atoms with Crippen LogP contribution < -0.4 is 10.1 Å². The van der Waals surface area contributed by atoms with Crippen LogP contribution in [0.15, 0.2) is 24.3 Å². The summed E-state index contributed by atoms with van der Waals surface area (Å²) in [6.07, 6.45) is 1.04. The molecular weight excluding hydrogens is 282 g/mol. The van der Waals surface area contributed by atoms with Gasteiger partial charge in [0.25, 0.3) is 0 Å². The monoisotopic (exact) mass is 309 g/mol. The molecule has 0 fully saturated rings. The number of aliphatic hydroxyl groups is 2. The maximum absolute atomic E-state index is 10.8. The number of ether oxygens (including phenoxy) is 1. The van der Waals surface area contributed by atoms with Gasteiger partial charge in [-0.25, -0.2) is 0 Å². The van der Waals surface area contributed by atoms with Gasteiger partial charge in [-0.2, -0.15) is 0 Å². The van der Waals surface area contributed by atoms with E-state index in [2.05, 4.69) is 5.32 Å². The third-order valence-electron chi connectivity index (χ3n) is 3.86. The van der Waals surface area contributed by atoms with Crippen molar-refractivity contribution in [3.05, 3.63) is 29.8 Å². The lowest BCUT2D eigenvalue weighted by molar-refractivity contribution is -0.119. The number of carbonyl (C=O) groups is 1. The first-order chi connectivity index (χ1) is 10.4. The molecule has 1 rings (SSSR count). The first-order valence-electron chi connectivity index (χ1n) is 7.78. The predicted molar refractivity (Wildman–Crippen MR) is 85.7 cm³/mol. The quantitative estimate of drug-likeness (QED) is 0.653. The van der Waals surface area contributed by atoms with E-state index in [0.29, 0.717) is 31.6 Å². The molecule has 1 aromatic rings. The van der Waals surface area contributed by atoms with Gasteiger partial charge < -0.3 is 20.3 Å². The number of aliphatic hydroxyl groups excluding tert-OH is 1. The van der Waals surface area contributed by atoms with Gasteiger partial charge >= 0.3 is 0 Å². The molecule has 0 aliphatic rings. The van der Waals surface area contributed by atoms with Crippen molar-refractivity contribution in [2.45, 2.75) is 51.7 Å². The molecule has 1 atom stereocenters. The van der Waals surface area contributed by atoms with Crippen LogP contribution in [0.1, 0.15) is 51.7 Å². The highest BCUT2D eigenvalue weighted by Crippen LogP contribution is 2.23. The molecule has 0 radical (unpaired) electrons. The van der Waals surface area contributed by atoms with E-state index in [1.54, 1.807) is 12.1 Å². The first kappa shape index (κ1) is 18.5. The largest absolute Gasteiger partial charge is 0.491 e. The second-order valence-corrected chi connectivity index (χ2v) is 5.58. The van der Waals surface area contributed by atoms with Gasteiger partial charge in [0.15, 0.2) is 0 Å². The summed E-state index contributed by atoms with van der Waals surface area (Å²) in [5, 5.41) is 23.0. The van der Waals surface area contributed by atoms with Gasteiger partial charge in [0.1, 0.15) is 12.4 Å². The predicted octanol–water partition coefficient (Wildman–Crippen LogP) is 2.18. The highest BCUT2D eigenvalue weighted by molar-refractivity contribution is 5.72. The summed E-state index contributed by atoms with van der Waals surface area (Å²) in [6.45, 7) is 5.95. The van der Waals surface area contributed by atoms with E-state index in [1.165, 1.54) is 6.92 Å². The molecule has 0 aliphatic carbocycles. The molecule has 3 N–H and O–H groups in total. The molecule has 0 bridgehead atoms. The molecule has 0 spiro atoms. The maximum atomic E-state index is 10.8. The number of hydrogen-bond acceptors (Lipinski definition) is 4. The summed E-state index contributed by atoms with van der Waals surface area (Å²) >= 11 is 0. The lowest BCUT2D eigenvalue weighted by Gasteiger charge is -2.25. The molecule has 0 aromatic heterocycles. The topological polar surface area (TPSA) is 78.8 Å². The summed E-state index contributed by atoms with van der Waals surface area (Å²) in [7, 11) is 0. The number of nitrogens with one attached hydrogen (secondary N) is 1. The zero-order valence-electron chi connectivity index (χ0n) is 13.6. The molecule has 5 nitrogen and oxygen atoms in total. The Kier molecular flexibility index (Phi) is 7.35. The number of amides is 1. The normalized spacial score (nSPS) is 12.8. The van der Waals surface area contributed by atoms with Crippen LogP contribution in [0.25, 0.3) is 0 Å². The summed E-state index contributed by atoms with van der Waals surface area (Å²) in [5.41, 5.74) is -0.0839. The SMILES string of the molecule is CCC(O)(CC)COc1cccc(C(O)CCNC(C)=O)c1. The van der Waals surface area contributed by atoms with Gasteiger partial charge in [-0.1, -0.05) is 26.0 Å². The summed E-state index contributed by atoms with van der Waals surface area (Å²) < 4.78 is 5.66. The molecule has 0 saturated carbocycles. The van der Waals surface area contributed by atoms with Crippen molar-refractivity contribution >= 4 is 5.91 Å². The van der Waals surface area contributed by atoms with Crippen LogP contribution >= 0.6 is 0 Å². The van der Waals surface area contributed by atoms with Crippen LogP contribution in [0.4, 0.5) is 0 Å². The average molecular weight is 309 g/mol. The number of benzene rings is 1. The third-order valence-corrected chi connectivity index (χ3v) is 3.86. The van der Waals surface area contributed by atoms with Gasteiger partial charge in [-0.15, -0.1) is 0 Å². The van der Waals surface area contributed by atoms with E-state index in [0.717, 1.165) is 5.56 Å². The second-order valence-electron chi connectivity index (χ2n) is 5.58. The van der Waals surface area contributed by atoms with Crippen molar-refractivity contribution in [2.75, 3.05) is 13.2 Å². The van der Waals surface area contributed by atoms with Gasteiger partial charge in [-0.3, -0.25) is 4.79 Å². The fourth-order valence-corrected chi connectivity index (χ4v) is 2.03. The summed E-state index contributed by atoms with van der Waals surface area (Å²) in [6, 6.07) is 7.19. The smallest absolute Gasteiger partial charge is 0.216 e. The van der Waals surface area contributed by atoms with E-state index in [9.17, 15) is 15.0 Å². The second kappa shape index (κ2) is 8.76. The van der Waals surface area contributed by atoms with Gasteiger partial charge in [0.05, 0.1) is 11.7 Å². The lowest BCUT2D eigenvalue weighted by Crippen LogP contribution is -2.34. The summed E-state index contributed by atoms with van der Waals surface area (Å²) in [4.78, 5) is 10.8. The van der Waals surface area contributed by atoms with E-state index >= 15 is 0 Å². The van der Waals surface area contributed by atoms with Crippen LogP contribution in [0.5, 0.6) is 5.75 Å². The minimum atomic E-state index is -0.819. The Morgan fingerprint density at radius 3 is 2.64 bits per heavy atom. The standard InChI is InChI=1S/C17H27NO4/c1-4-17(21,5-2)12-22-15-8-6-7-14(11-15)16(20)9-10-18-13(3)19/h6-8,11,16,20-21H,4-5,9-10,12H2,1-3H3,(H,18,19). The minimum Gasteiger partial charge on any atom is -0.491 e. The maximum Gasteiger partial charge on any atom is 0.216 e. The molecule has 22 heavy (non-hydrogen) atoms. The van der Waals surface area contributed by atoms with E-state index in [1.807, 2.05) is 26.0 Å². The zero-order valence-corrected chi connectivity index (χ0v) is 13.6. The van der Waals surface area contributed by atoms with E-state index in [4.69, 9.17) is 4.74 Å². The van der Waals surface area contributed by atoms with Crippen molar-refractivity contribution in [3.8, 4) is 5.75 Å². The molecule has 124 valence electrons. The molecule has 1 unspecified atom stereocenters. The molecule has 0 aliphatic heterocycles. The van der Waals surface area contributed by atoms with Crippen molar-refractivity contribution in [1.29, 1.82) is 0 Å². The van der Waals surface area contributed by atoms with Gasteiger partial charge in [-0.05, 0) is 37.0 Å². The third kappa shape index (κ3) is 6.03. The number of hydrogen-bond donors (Lipinski definition) is 3. The molecule has 0 saturated heterocycles. The van der Waals surface area contributed by atoms with Crippen molar-refractivity contribution in [1.82, 2.24) is 5.32 Å². The highest BCUT2D eigenvalue weighted by atomic mass is 16.5. The van der Waals surface area contributed by atoms with Crippen LogP contribution in [0.2, 0.25) is 0 Å². The van der Waals surface area contributed by atoms with Crippen LogP contribution in [-0.2, 0) is 4.79 Å². The van der Waals surface area contributed by atoms with Crippen molar-refractivity contribution < 1.29 is 19.7 Å². The van der Waals surface area contributed by atoms with E-state index < -0.39 is 11.7 Å². The Morgan fingerprint density at radius 2 is 2.05 bits per heavy atom. The Morgan fingerprint density at radius 1 is 1.36 bits per heavy atom. The number of carbonyl (C=O) groups excluding carboxylic acids is 1. The minimum absolute atomic E-state index is 0.109. The average Bonchev–Trinajstić information content (AvgIpc) is 2.52. The van der Waals surface area contributed by atoms with Gasteiger partial charge in [0, 0.05) is 13.5 Å². The summed E-state index contributed by atoms with van der Waals surface area (Å²) in [5.74, 6) is 0.513. The van der Waals surface area contributed by atoms with Crippen molar-refractivity contribution in [3.63, 3.8) is 0 Å². The Labute approximate surface area is 132 Å². The van der Waals surface area contributed by atoms with Crippen LogP contribution in [0.3, 0.4) is 0 Å². The first-order valence-corrected chi connectivity index (χ1v) is 7.78. The Hall–Kier alpha value is -1.59. The molecule has 1 amide bonds. The Bertz CT molecular complexity index is 471. The highest BCUT2D eigenvalue weighted by Gasteiger charge is 2.23. The molecule has 5 heteroatoms. The fraction of sp³-hybridized carbons (Fsp3) is 0.588. The fourth-order valence-electron chi connectivity index (χ4n) is 2.03. The zero-order chi connectivity index (χ0) is 16.6. The lowest BCUT2D eigenvalue weighted by atomic mass is 9.99. The van der Waals surface area contributed by atoms with Crippen molar-refractivity contribution in [2.24, 2.45) is 0 Å². The molecule has 0 heterocycles. The van der Waals surface area contributed by atoms with Crippen LogP contribution in [0, 0.1) is 0 Å². The number of rotatable bonds is 9. The Balaban J connectivity index is 2.59.